The second-order valence-electron chi connectivity index (χ2n) is 8.19. The van der Waals surface area contributed by atoms with Crippen LogP contribution >= 0.6 is 0 Å². The van der Waals surface area contributed by atoms with Crippen molar-refractivity contribution in [1.82, 2.24) is 20.6 Å². The summed E-state index contributed by atoms with van der Waals surface area (Å²) in [5.74, 6) is -0.144. The van der Waals surface area contributed by atoms with E-state index in [2.05, 4.69) is 15.7 Å². The van der Waals surface area contributed by atoms with Crippen LogP contribution in [-0.2, 0) is 11.0 Å². The van der Waals surface area contributed by atoms with Gasteiger partial charge in [0.05, 0.1) is 17.2 Å². The molecule has 2 aliphatic rings. The van der Waals surface area contributed by atoms with Crippen LogP contribution in [0.5, 0.6) is 0 Å². The number of aromatic nitrogens is 2. The van der Waals surface area contributed by atoms with Crippen LogP contribution in [-0.4, -0.2) is 59.2 Å². The lowest BCUT2D eigenvalue weighted by Gasteiger charge is -2.35. The Bertz CT molecular complexity index is 1000. The van der Waals surface area contributed by atoms with Crippen molar-refractivity contribution >= 4 is 17.6 Å². The largest absolute Gasteiger partial charge is 0.417 e. The number of nitrogens with zero attached hydrogens (tertiary/aromatic N) is 4. The van der Waals surface area contributed by atoms with Crippen LogP contribution in [0.3, 0.4) is 0 Å². The minimum atomic E-state index is -4.60. The van der Waals surface area contributed by atoms with E-state index < -0.39 is 23.6 Å². The number of halogens is 3. The van der Waals surface area contributed by atoms with Gasteiger partial charge in [0.25, 0.3) is 11.8 Å². The first-order valence-electron chi connectivity index (χ1n) is 10.7. The molecule has 1 aromatic carbocycles. The average Bonchev–Trinajstić information content (AvgIpc) is 3.67. The van der Waals surface area contributed by atoms with Gasteiger partial charge < -0.3 is 9.80 Å². The van der Waals surface area contributed by atoms with Gasteiger partial charge in [-0.05, 0) is 49.9 Å². The smallest absolute Gasteiger partial charge is 0.352 e. The fraction of sp³-hybridized carbons (Fsp3) is 0.455. The van der Waals surface area contributed by atoms with Crippen molar-refractivity contribution in [2.24, 2.45) is 5.92 Å². The lowest BCUT2D eigenvalue weighted by atomic mass is 10.1. The first kappa shape index (κ1) is 23.0. The van der Waals surface area contributed by atoms with Crippen LogP contribution in [0.1, 0.15) is 46.2 Å². The second kappa shape index (κ2) is 9.34. The van der Waals surface area contributed by atoms with Gasteiger partial charge >= 0.3 is 6.18 Å². The molecule has 176 valence electrons. The van der Waals surface area contributed by atoms with Crippen molar-refractivity contribution < 1.29 is 27.6 Å². The Morgan fingerprint density at radius 2 is 1.76 bits per heavy atom. The number of alkyl halides is 3. The summed E-state index contributed by atoms with van der Waals surface area (Å²) >= 11 is 0. The molecule has 1 aliphatic carbocycles. The molecule has 2 fully saturated rings. The van der Waals surface area contributed by atoms with Crippen LogP contribution in [0.25, 0.3) is 0 Å². The van der Waals surface area contributed by atoms with E-state index in [9.17, 15) is 22.8 Å². The Hall–Kier alpha value is -3.21. The maximum atomic E-state index is 13.2. The van der Waals surface area contributed by atoms with Crippen molar-refractivity contribution in [3.05, 3.63) is 53.2 Å². The molecule has 33 heavy (non-hydrogen) atoms. The van der Waals surface area contributed by atoms with E-state index in [-0.39, 0.29) is 30.5 Å². The molecule has 1 aromatic heterocycles. The quantitative estimate of drug-likeness (QED) is 0.663. The van der Waals surface area contributed by atoms with E-state index in [1.807, 2.05) is 11.8 Å². The minimum Gasteiger partial charge on any atom is -0.352 e. The second-order valence-corrected chi connectivity index (χ2v) is 8.19. The van der Waals surface area contributed by atoms with Gasteiger partial charge in [-0.15, -0.1) is 10.2 Å². The number of amides is 2. The number of hydroxylamine groups is 1. The van der Waals surface area contributed by atoms with Gasteiger partial charge in [-0.2, -0.15) is 13.2 Å². The number of benzene rings is 1. The van der Waals surface area contributed by atoms with E-state index in [1.54, 1.807) is 6.07 Å². The number of carbonyl (C=O) groups excluding carboxylic acids is 2. The van der Waals surface area contributed by atoms with Crippen molar-refractivity contribution in [2.45, 2.75) is 32.0 Å². The highest BCUT2D eigenvalue weighted by molar-refractivity contribution is 5.96. The SMILES string of the molecule is CC(ONC(=O)c1ccc(N2CCN(C(=O)c3ccccc3C(F)(F)F)CC2)nn1)C1CC1. The first-order chi connectivity index (χ1) is 15.7. The average molecular weight is 463 g/mol. The first-order valence-corrected chi connectivity index (χ1v) is 10.7. The van der Waals surface area contributed by atoms with Gasteiger partial charge in [0.15, 0.2) is 11.5 Å². The molecule has 0 bridgehead atoms. The number of rotatable bonds is 6. The van der Waals surface area contributed by atoms with Gasteiger partial charge in [-0.3, -0.25) is 14.4 Å². The van der Waals surface area contributed by atoms with Gasteiger partial charge in [0.1, 0.15) is 0 Å². The van der Waals surface area contributed by atoms with Gasteiger partial charge in [0.2, 0.25) is 0 Å². The molecule has 1 saturated heterocycles. The Morgan fingerprint density at radius 1 is 1.06 bits per heavy atom. The number of piperazine rings is 1. The summed E-state index contributed by atoms with van der Waals surface area (Å²) in [6.07, 6.45) is -2.46. The predicted molar refractivity (Wildman–Crippen MR) is 112 cm³/mol. The lowest BCUT2D eigenvalue weighted by molar-refractivity contribution is -0.138. The van der Waals surface area contributed by atoms with Crippen molar-refractivity contribution in [2.75, 3.05) is 31.1 Å². The van der Waals surface area contributed by atoms with E-state index in [0.717, 1.165) is 18.9 Å². The Labute approximate surface area is 188 Å². The molecule has 2 amide bonds. The number of carbonyl (C=O) groups is 2. The zero-order valence-electron chi connectivity index (χ0n) is 18.0. The van der Waals surface area contributed by atoms with Crippen molar-refractivity contribution in [3.8, 4) is 0 Å². The molecule has 1 atom stereocenters. The van der Waals surface area contributed by atoms with Gasteiger partial charge in [-0.1, -0.05) is 12.1 Å². The predicted octanol–water partition coefficient (Wildman–Crippen LogP) is 2.92. The normalized spacial score (nSPS) is 17.6. The third-order valence-electron chi connectivity index (χ3n) is 5.86. The maximum absolute atomic E-state index is 13.2. The third kappa shape index (κ3) is 5.41. The van der Waals surface area contributed by atoms with E-state index in [1.165, 1.54) is 29.2 Å². The summed E-state index contributed by atoms with van der Waals surface area (Å²) < 4.78 is 39.7. The van der Waals surface area contributed by atoms with Crippen molar-refractivity contribution in [1.29, 1.82) is 0 Å². The molecule has 2 heterocycles. The van der Waals surface area contributed by atoms with Crippen LogP contribution < -0.4 is 10.4 Å². The van der Waals surface area contributed by atoms with E-state index in [0.29, 0.717) is 24.8 Å². The summed E-state index contributed by atoms with van der Waals surface area (Å²) in [6.45, 7) is 3.13. The summed E-state index contributed by atoms with van der Waals surface area (Å²) in [5, 5.41) is 8.02. The summed E-state index contributed by atoms with van der Waals surface area (Å²) in [6, 6.07) is 7.96. The van der Waals surface area contributed by atoms with Crippen molar-refractivity contribution in [3.63, 3.8) is 0 Å². The zero-order chi connectivity index (χ0) is 23.6. The molecule has 2 aromatic rings. The third-order valence-corrected chi connectivity index (χ3v) is 5.86. The van der Waals surface area contributed by atoms with Crippen LogP contribution in [0.4, 0.5) is 19.0 Å². The van der Waals surface area contributed by atoms with Gasteiger partial charge in [0, 0.05) is 26.2 Å². The molecule has 1 saturated carbocycles. The topological polar surface area (TPSA) is 87.7 Å². The molecule has 0 spiro atoms. The highest BCUT2D eigenvalue weighted by Crippen LogP contribution is 2.34. The Kier molecular flexibility index (Phi) is 6.50. The molecular weight excluding hydrogens is 439 g/mol. The molecule has 1 N–H and O–H groups in total. The fourth-order valence-electron chi connectivity index (χ4n) is 3.70. The minimum absolute atomic E-state index is 0.0525. The summed E-state index contributed by atoms with van der Waals surface area (Å²) in [7, 11) is 0. The van der Waals surface area contributed by atoms with E-state index in [4.69, 9.17) is 4.84 Å². The number of nitrogens with one attached hydrogen (secondary N) is 1. The molecule has 8 nitrogen and oxygen atoms in total. The van der Waals surface area contributed by atoms with Gasteiger partial charge in [-0.25, -0.2) is 5.48 Å². The number of hydrogen-bond acceptors (Lipinski definition) is 6. The number of anilines is 1. The Morgan fingerprint density at radius 3 is 2.36 bits per heavy atom. The standard InChI is InChI=1S/C22H24F3N5O3/c1-14(15-6-7-15)33-28-20(31)18-8-9-19(27-26-18)29-10-12-30(13-11-29)21(32)16-4-2-3-5-17(16)22(23,24)25/h2-5,8-9,14-15H,6-7,10-13H2,1H3,(H,28,31). The molecule has 4 rings (SSSR count). The Balaban J connectivity index is 1.32. The van der Waals surface area contributed by atoms with Crippen LogP contribution in [0, 0.1) is 5.92 Å². The highest BCUT2D eigenvalue weighted by atomic mass is 19.4. The highest BCUT2D eigenvalue weighted by Gasteiger charge is 2.36. The molecule has 1 aliphatic heterocycles. The zero-order valence-corrected chi connectivity index (χ0v) is 18.0. The molecule has 1 unspecified atom stereocenters. The monoisotopic (exact) mass is 463 g/mol. The molecule has 0 radical (unpaired) electrons. The van der Waals surface area contributed by atoms with E-state index >= 15 is 0 Å². The molecular formula is C22H24F3N5O3. The van der Waals surface area contributed by atoms with Crippen LogP contribution in [0.2, 0.25) is 0 Å². The van der Waals surface area contributed by atoms with Crippen LogP contribution in [0.15, 0.2) is 36.4 Å². The lowest BCUT2D eigenvalue weighted by Crippen LogP contribution is -2.49. The summed E-state index contributed by atoms with van der Waals surface area (Å²) in [5.41, 5.74) is 1.21. The maximum Gasteiger partial charge on any atom is 0.417 e. The fourth-order valence-corrected chi connectivity index (χ4v) is 3.70. The number of hydrogen-bond donors (Lipinski definition) is 1. The summed E-state index contributed by atoms with van der Waals surface area (Å²) in [4.78, 5) is 33.5. The molecule has 11 heteroatoms.